The van der Waals surface area contributed by atoms with Gasteiger partial charge < -0.3 is 4.52 Å². The topological polar surface area (TPSA) is 69.4 Å². The lowest BCUT2D eigenvalue weighted by Crippen LogP contribution is -2.07. The van der Waals surface area contributed by atoms with Crippen molar-refractivity contribution in [2.45, 2.75) is 25.7 Å². The Balaban J connectivity index is 3.21. The van der Waals surface area contributed by atoms with E-state index >= 15 is 0 Å². The third kappa shape index (κ3) is 1.89. The zero-order valence-electron chi connectivity index (χ0n) is 7.70. The van der Waals surface area contributed by atoms with Crippen LogP contribution >= 0.6 is 0 Å². The molecule has 0 bridgehead atoms. The van der Waals surface area contributed by atoms with Crippen LogP contribution in [0.4, 0.5) is 0 Å². The molecule has 1 aromatic heterocycles. The fraction of sp³-hybridized carbons (Fsp3) is 0.571. The van der Waals surface area contributed by atoms with Crippen molar-refractivity contribution in [3.63, 3.8) is 0 Å². The maximum absolute atomic E-state index is 11.4. The molecule has 0 saturated heterocycles. The van der Waals surface area contributed by atoms with E-state index in [9.17, 15) is 8.42 Å². The Labute approximate surface area is 76.8 Å². The van der Waals surface area contributed by atoms with Gasteiger partial charge in [0.15, 0.2) is 10.7 Å². The minimum atomic E-state index is -3.68. The van der Waals surface area contributed by atoms with Gasteiger partial charge in [-0.25, -0.2) is 0 Å². The molecule has 0 amide bonds. The van der Waals surface area contributed by atoms with E-state index in [-0.39, 0.29) is 17.3 Å². The normalized spacial score (nSPS) is 11.9. The predicted octanol–water partition coefficient (Wildman–Crippen LogP) is 1.02. The molecule has 0 aliphatic rings. The summed E-state index contributed by atoms with van der Waals surface area (Å²) in [5, 5.41) is 3.53. The molecule has 0 radical (unpaired) electrons. The van der Waals surface area contributed by atoms with E-state index in [1.54, 1.807) is 13.8 Å². The molecule has 0 saturated carbocycles. The van der Waals surface area contributed by atoms with Crippen molar-refractivity contribution in [1.29, 1.82) is 0 Å². The Morgan fingerprint density at radius 3 is 2.46 bits per heavy atom. The summed E-state index contributed by atoms with van der Waals surface area (Å²) in [6.45, 7) is 4.80. The highest BCUT2D eigenvalue weighted by molar-refractivity contribution is 7.86. The lowest BCUT2D eigenvalue weighted by Gasteiger charge is -2.00. The van der Waals surface area contributed by atoms with Gasteiger partial charge in [0.25, 0.3) is 0 Å². The fourth-order valence-corrected chi connectivity index (χ4v) is 2.26. The average Bonchev–Trinajstić information content (AvgIpc) is 2.31. The summed E-state index contributed by atoms with van der Waals surface area (Å²) in [5.41, 5.74) is 0.325. The molecule has 0 fully saturated rings. The zero-order valence-corrected chi connectivity index (χ0v) is 8.51. The predicted molar refractivity (Wildman–Crippen MR) is 44.8 cm³/mol. The first-order chi connectivity index (χ1) is 5.99. The highest BCUT2D eigenvalue weighted by atomic mass is 32.2. The van der Waals surface area contributed by atoms with Crippen LogP contribution in [0.15, 0.2) is 9.42 Å². The largest absolute Gasteiger partial charge is 0.360 e. The van der Waals surface area contributed by atoms with Crippen molar-refractivity contribution in [2.75, 3.05) is 6.61 Å². The summed E-state index contributed by atoms with van der Waals surface area (Å²) < 4.78 is 32.2. The van der Waals surface area contributed by atoms with Gasteiger partial charge >= 0.3 is 10.1 Å². The first-order valence-electron chi connectivity index (χ1n) is 3.81. The minimum Gasteiger partial charge on any atom is -0.360 e. The van der Waals surface area contributed by atoms with Crippen LogP contribution < -0.4 is 0 Å². The highest BCUT2D eigenvalue weighted by Crippen LogP contribution is 2.20. The van der Waals surface area contributed by atoms with Crippen molar-refractivity contribution in [2.24, 2.45) is 0 Å². The maximum Gasteiger partial charge on any atom is 0.302 e. The molecule has 1 aromatic rings. The monoisotopic (exact) mass is 205 g/mol. The van der Waals surface area contributed by atoms with E-state index in [1.165, 1.54) is 6.92 Å². The summed E-state index contributed by atoms with van der Waals surface area (Å²) in [6, 6.07) is 0. The average molecular weight is 205 g/mol. The molecule has 0 aromatic carbocycles. The first-order valence-corrected chi connectivity index (χ1v) is 5.22. The summed E-state index contributed by atoms with van der Waals surface area (Å²) in [6.07, 6.45) is 0. The molecule has 0 N–H and O–H groups in total. The van der Waals surface area contributed by atoms with Crippen molar-refractivity contribution in [1.82, 2.24) is 5.16 Å². The van der Waals surface area contributed by atoms with Crippen LogP contribution in [0.1, 0.15) is 18.4 Å². The highest BCUT2D eigenvalue weighted by Gasteiger charge is 2.24. The van der Waals surface area contributed by atoms with Gasteiger partial charge in [-0.05, 0) is 20.8 Å². The van der Waals surface area contributed by atoms with Crippen LogP contribution in [-0.2, 0) is 14.3 Å². The van der Waals surface area contributed by atoms with Gasteiger partial charge in [0.1, 0.15) is 5.69 Å². The quantitative estimate of drug-likeness (QED) is 0.689. The van der Waals surface area contributed by atoms with Gasteiger partial charge in [-0.15, -0.1) is 0 Å². The summed E-state index contributed by atoms with van der Waals surface area (Å²) in [4.78, 5) is 0.0364. The molecule has 0 aliphatic heterocycles. The Morgan fingerprint density at radius 1 is 1.46 bits per heavy atom. The SMILES string of the molecule is CCOS(=O)(=O)c1c(C)noc1C. The molecule has 1 heterocycles. The van der Waals surface area contributed by atoms with Gasteiger partial charge in [0.2, 0.25) is 0 Å². The molecule has 13 heavy (non-hydrogen) atoms. The Bertz CT molecular complexity index is 373. The second-order valence-electron chi connectivity index (χ2n) is 2.51. The van der Waals surface area contributed by atoms with E-state index in [0.29, 0.717) is 5.69 Å². The van der Waals surface area contributed by atoms with Crippen molar-refractivity contribution < 1.29 is 17.1 Å². The van der Waals surface area contributed by atoms with Crippen LogP contribution in [0, 0.1) is 13.8 Å². The number of nitrogens with zero attached hydrogens (tertiary/aromatic N) is 1. The van der Waals surface area contributed by atoms with Crippen molar-refractivity contribution >= 4 is 10.1 Å². The van der Waals surface area contributed by atoms with Crippen LogP contribution in [0.2, 0.25) is 0 Å². The van der Waals surface area contributed by atoms with Gasteiger partial charge in [0, 0.05) is 0 Å². The Morgan fingerprint density at radius 2 is 2.08 bits per heavy atom. The number of rotatable bonds is 3. The smallest absolute Gasteiger partial charge is 0.302 e. The van der Waals surface area contributed by atoms with E-state index in [2.05, 4.69) is 9.34 Å². The van der Waals surface area contributed by atoms with Crippen LogP contribution in [-0.4, -0.2) is 20.2 Å². The number of aromatic nitrogens is 1. The van der Waals surface area contributed by atoms with Crippen LogP contribution in [0.3, 0.4) is 0 Å². The zero-order chi connectivity index (χ0) is 10.1. The van der Waals surface area contributed by atoms with Crippen LogP contribution in [0.5, 0.6) is 0 Å². The molecule has 0 unspecified atom stereocenters. The number of hydrogen-bond acceptors (Lipinski definition) is 5. The molecule has 74 valence electrons. The number of aryl methyl sites for hydroxylation is 2. The van der Waals surface area contributed by atoms with Gasteiger partial charge in [-0.2, -0.15) is 8.42 Å². The lowest BCUT2D eigenvalue weighted by atomic mass is 10.4. The molecule has 1 rings (SSSR count). The van der Waals surface area contributed by atoms with Gasteiger partial charge in [-0.1, -0.05) is 5.16 Å². The van der Waals surface area contributed by atoms with Crippen molar-refractivity contribution in [3.05, 3.63) is 11.5 Å². The lowest BCUT2D eigenvalue weighted by molar-refractivity contribution is 0.336. The summed E-state index contributed by atoms with van der Waals surface area (Å²) >= 11 is 0. The maximum atomic E-state index is 11.4. The van der Waals surface area contributed by atoms with Gasteiger partial charge in [-0.3, -0.25) is 4.18 Å². The second kappa shape index (κ2) is 3.47. The third-order valence-electron chi connectivity index (χ3n) is 1.49. The molecule has 0 atom stereocenters. The first kappa shape index (κ1) is 10.2. The third-order valence-corrected chi connectivity index (χ3v) is 3.12. The number of hydrogen-bond donors (Lipinski definition) is 0. The molecule has 0 aliphatic carbocycles. The van der Waals surface area contributed by atoms with Crippen LogP contribution in [0.25, 0.3) is 0 Å². The standard InChI is InChI=1S/C7H11NO4S/c1-4-11-13(9,10)7-5(2)8-12-6(7)3/h4H2,1-3H3. The fourth-order valence-electron chi connectivity index (χ4n) is 1.05. The van der Waals surface area contributed by atoms with E-state index in [0.717, 1.165) is 0 Å². The minimum absolute atomic E-state index is 0.0364. The van der Waals surface area contributed by atoms with Gasteiger partial charge in [0.05, 0.1) is 6.61 Å². The van der Waals surface area contributed by atoms with Crippen molar-refractivity contribution in [3.8, 4) is 0 Å². The Kier molecular flexibility index (Phi) is 2.72. The second-order valence-corrected chi connectivity index (χ2v) is 4.07. The van der Waals surface area contributed by atoms with E-state index in [1.807, 2.05) is 0 Å². The molecular weight excluding hydrogens is 194 g/mol. The summed E-state index contributed by atoms with van der Waals surface area (Å²) in [5.74, 6) is 0.256. The van der Waals surface area contributed by atoms with E-state index < -0.39 is 10.1 Å². The molecule has 0 spiro atoms. The molecule has 5 nitrogen and oxygen atoms in total. The molecular formula is C7H11NO4S. The summed E-state index contributed by atoms with van der Waals surface area (Å²) in [7, 11) is -3.68. The van der Waals surface area contributed by atoms with E-state index in [4.69, 9.17) is 4.52 Å². The molecule has 6 heteroatoms. The Hall–Kier alpha value is -0.880.